The molecule has 2 aromatic carbocycles. The minimum absolute atomic E-state index is 0.140. The lowest BCUT2D eigenvalue weighted by Gasteiger charge is -2.09. The van der Waals surface area contributed by atoms with Gasteiger partial charge in [0.25, 0.3) is 5.91 Å². The van der Waals surface area contributed by atoms with Crippen molar-refractivity contribution in [2.45, 2.75) is 6.54 Å². The summed E-state index contributed by atoms with van der Waals surface area (Å²) in [6, 6.07) is 17.7. The molecule has 5 heteroatoms. The quantitative estimate of drug-likeness (QED) is 0.682. The minimum Gasteiger partial charge on any atom is -0.348 e. The topological polar surface area (TPSA) is 46.2 Å². The molecule has 1 amide bonds. The number of amides is 1. The van der Waals surface area contributed by atoms with E-state index < -0.39 is 0 Å². The molecule has 120 valence electrons. The number of ketones is 1. The Balaban J connectivity index is 1.79. The van der Waals surface area contributed by atoms with E-state index in [1.54, 1.807) is 42.5 Å². The Kier molecular flexibility index (Phi) is 5.08. The van der Waals surface area contributed by atoms with Gasteiger partial charge < -0.3 is 5.32 Å². The van der Waals surface area contributed by atoms with E-state index in [0.717, 1.165) is 5.56 Å². The van der Waals surface area contributed by atoms with Gasteiger partial charge in [-0.25, -0.2) is 0 Å². The van der Waals surface area contributed by atoms with E-state index in [4.69, 9.17) is 11.6 Å². The Hall–Kier alpha value is -2.43. The fourth-order valence-electron chi connectivity index (χ4n) is 2.34. The molecule has 0 spiro atoms. The maximum Gasteiger partial charge on any atom is 0.252 e. The molecule has 1 aromatic heterocycles. The molecular formula is C19H14ClNO2S. The van der Waals surface area contributed by atoms with Gasteiger partial charge in [0.1, 0.15) is 0 Å². The number of hydrogen-bond acceptors (Lipinski definition) is 3. The second-order valence-corrected chi connectivity index (χ2v) is 6.55. The van der Waals surface area contributed by atoms with Crippen LogP contribution in [-0.2, 0) is 6.54 Å². The monoisotopic (exact) mass is 355 g/mol. The molecule has 0 aliphatic carbocycles. The molecule has 0 atom stereocenters. The molecule has 1 N–H and O–H groups in total. The largest absolute Gasteiger partial charge is 0.348 e. The maximum atomic E-state index is 12.6. The summed E-state index contributed by atoms with van der Waals surface area (Å²) >= 11 is 7.31. The zero-order chi connectivity index (χ0) is 16.9. The van der Waals surface area contributed by atoms with Crippen LogP contribution in [0.3, 0.4) is 0 Å². The van der Waals surface area contributed by atoms with Gasteiger partial charge in [-0.15, -0.1) is 11.3 Å². The Morgan fingerprint density at radius 1 is 0.958 bits per heavy atom. The molecule has 3 nitrogen and oxygen atoms in total. The van der Waals surface area contributed by atoms with E-state index in [2.05, 4.69) is 5.32 Å². The van der Waals surface area contributed by atoms with E-state index in [-0.39, 0.29) is 11.7 Å². The van der Waals surface area contributed by atoms with Crippen LogP contribution < -0.4 is 5.32 Å². The number of thiophene rings is 1. The average Bonchev–Trinajstić information content (AvgIpc) is 3.14. The maximum absolute atomic E-state index is 12.6. The third-order valence-electron chi connectivity index (χ3n) is 3.50. The molecular weight excluding hydrogens is 342 g/mol. The summed E-state index contributed by atoms with van der Waals surface area (Å²) in [5.74, 6) is -0.422. The summed E-state index contributed by atoms with van der Waals surface area (Å²) in [5, 5.41) is 5.30. The van der Waals surface area contributed by atoms with Gasteiger partial charge in [-0.05, 0) is 35.2 Å². The highest BCUT2D eigenvalue weighted by Gasteiger charge is 2.18. The van der Waals surface area contributed by atoms with Crippen LogP contribution in [0.5, 0.6) is 0 Å². The summed E-state index contributed by atoms with van der Waals surface area (Å²) in [5.41, 5.74) is 1.68. The highest BCUT2D eigenvalue weighted by molar-refractivity contribution is 7.12. The first-order chi connectivity index (χ1) is 11.6. The van der Waals surface area contributed by atoms with Gasteiger partial charge in [-0.1, -0.05) is 48.0 Å². The van der Waals surface area contributed by atoms with Crippen molar-refractivity contribution in [1.29, 1.82) is 0 Å². The van der Waals surface area contributed by atoms with Gasteiger partial charge in [0.2, 0.25) is 5.78 Å². The van der Waals surface area contributed by atoms with Crippen LogP contribution >= 0.6 is 22.9 Å². The summed E-state index contributed by atoms with van der Waals surface area (Å²) in [4.78, 5) is 25.7. The zero-order valence-electron chi connectivity index (χ0n) is 12.7. The Morgan fingerprint density at radius 3 is 2.46 bits per heavy atom. The van der Waals surface area contributed by atoms with Crippen LogP contribution in [0, 0.1) is 0 Å². The first kappa shape index (κ1) is 16.4. The van der Waals surface area contributed by atoms with Crippen molar-refractivity contribution < 1.29 is 9.59 Å². The Labute approximate surface area is 148 Å². The van der Waals surface area contributed by atoms with E-state index in [0.29, 0.717) is 27.6 Å². The molecule has 0 radical (unpaired) electrons. The molecule has 0 unspecified atom stereocenters. The summed E-state index contributed by atoms with van der Waals surface area (Å²) in [6.45, 7) is 0.348. The van der Waals surface area contributed by atoms with Crippen molar-refractivity contribution in [3.05, 3.63) is 92.6 Å². The van der Waals surface area contributed by atoms with Gasteiger partial charge in [0, 0.05) is 17.1 Å². The first-order valence-electron chi connectivity index (χ1n) is 7.35. The van der Waals surface area contributed by atoms with Crippen LogP contribution in [-0.4, -0.2) is 11.7 Å². The molecule has 3 aromatic rings. The number of rotatable bonds is 5. The number of hydrogen-bond donors (Lipinski definition) is 1. The van der Waals surface area contributed by atoms with Gasteiger partial charge in [0.15, 0.2) is 0 Å². The number of benzene rings is 2. The second-order valence-electron chi connectivity index (χ2n) is 5.16. The van der Waals surface area contributed by atoms with Crippen LogP contribution in [0.25, 0.3) is 0 Å². The summed E-state index contributed by atoms with van der Waals surface area (Å²) in [7, 11) is 0. The zero-order valence-corrected chi connectivity index (χ0v) is 14.2. The Morgan fingerprint density at radius 2 is 1.75 bits per heavy atom. The van der Waals surface area contributed by atoms with E-state index in [9.17, 15) is 9.59 Å². The predicted octanol–water partition coefficient (Wildman–Crippen LogP) is 4.56. The summed E-state index contributed by atoms with van der Waals surface area (Å²) < 4.78 is 0. The lowest BCUT2D eigenvalue weighted by molar-refractivity contribution is 0.0940. The molecule has 0 aliphatic rings. The van der Waals surface area contributed by atoms with E-state index >= 15 is 0 Å². The highest BCUT2D eigenvalue weighted by Crippen LogP contribution is 2.18. The minimum atomic E-state index is -0.282. The van der Waals surface area contributed by atoms with Crippen molar-refractivity contribution in [3.8, 4) is 0 Å². The second kappa shape index (κ2) is 7.43. The summed E-state index contributed by atoms with van der Waals surface area (Å²) in [6.07, 6.45) is 0. The van der Waals surface area contributed by atoms with Gasteiger partial charge >= 0.3 is 0 Å². The van der Waals surface area contributed by atoms with Crippen molar-refractivity contribution in [2.24, 2.45) is 0 Å². The highest BCUT2D eigenvalue weighted by atomic mass is 35.5. The molecule has 1 heterocycles. The first-order valence-corrected chi connectivity index (χ1v) is 8.61. The molecule has 0 bridgehead atoms. The lowest BCUT2D eigenvalue weighted by Crippen LogP contribution is -2.25. The standard InChI is InChI=1S/C19H14ClNO2S/c20-14-6-3-5-13(11-14)12-21-19(23)16-8-2-1-7-15(16)18(22)17-9-4-10-24-17/h1-11H,12H2,(H,21,23). The fourth-order valence-corrected chi connectivity index (χ4v) is 3.23. The molecule has 0 aliphatic heterocycles. The number of halogens is 1. The van der Waals surface area contributed by atoms with Crippen LogP contribution in [0.2, 0.25) is 5.02 Å². The molecule has 0 saturated carbocycles. The van der Waals surface area contributed by atoms with Gasteiger partial charge in [-0.2, -0.15) is 0 Å². The van der Waals surface area contributed by atoms with E-state index in [1.807, 2.05) is 23.6 Å². The van der Waals surface area contributed by atoms with Crippen molar-refractivity contribution in [3.63, 3.8) is 0 Å². The van der Waals surface area contributed by atoms with Crippen molar-refractivity contribution in [2.75, 3.05) is 0 Å². The number of nitrogens with one attached hydrogen (secondary N) is 1. The van der Waals surface area contributed by atoms with Crippen LogP contribution in [0.1, 0.15) is 31.2 Å². The molecule has 0 saturated heterocycles. The average molecular weight is 356 g/mol. The fraction of sp³-hybridized carbons (Fsp3) is 0.0526. The van der Waals surface area contributed by atoms with E-state index in [1.165, 1.54) is 11.3 Å². The molecule has 3 rings (SSSR count). The lowest BCUT2D eigenvalue weighted by atomic mass is 10.0. The van der Waals surface area contributed by atoms with Crippen LogP contribution in [0.4, 0.5) is 0 Å². The smallest absolute Gasteiger partial charge is 0.252 e. The van der Waals surface area contributed by atoms with Gasteiger partial charge in [0.05, 0.1) is 10.4 Å². The van der Waals surface area contributed by atoms with Crippen molar-refractivity contribution in [1.82, 2.24) is 5.32 Å². The number of carbonyl (C=O) groups is 2. The third kappa shape index (κ3) is 3.72. The predicted molar refractivity (Wildman–Crippen MR) is 96.8 cm³/mol. The SMILES string of the molecule is O=C(NCc1cccc(Cl)c1)c1ccccc1C(=O)c1cccs1. The van der Waals surface area contributed by atoms with Crippen LogP contribution in [0.15, 0.2) is 66.0 Å². The Bertz CT molecular complexity index is 875. The normalized spacial score (nSPS) is 10.4. The molecule has 0 fully saturated rings. The molecule has 24 heavy (non-hydrogen) atoms. The number of carbonyl (C=O) groups excluding carboxylic acids is 2. The third-order valence-corrected chi connectivity index (χ3v) is 4.61. The van der Waals surface area contributed by atoms with Gasteiger partial charge in [-0.3, -0.25) is 9.59 Å². The van der Waals surface area contributed by atoms with Crippen molar-refractivity contribution >= 4 is 34.6 Å².